The van der Waals surface area contributed by atoms with Crippen molar-refractivity contribution in [2.24, 2.45) is 0 Å². The van der Waals surface area contributed by atoms with Gasteiger partial charge in [-0.3, -0.25) is 0 Å². The number of nitrogens with zero attached hydrogens (tertiary/aromatic N) is 2. The fraction of sp³-hybridized carbons (Fsp3) is 0. The third-order valence-electron chi connectivity index (χ3n) is 1.73. The maximum atomic E-state index is 5.97. The summed E-state index contributed by atoms with van der Waals surface area (Å²) in [5.74, 6) is 0.514. The van der Waals surface area contributed by atoms with Crippen LogP contribution < -0.4 is 11.5 Å². The number of halogens is 2. The van der Waals surface area contributed by atoms with E-state index in [0.717, 1.165) is 0 Å². The van der Waals surface area contributed by atoms with Gasteiger partial charge in [-0.2, -0.15) is 0 Å². The zero-order valence-electron chi connectivity index (χ0n) is 7.37. The van der Waals surface area contributed by atoms with E-state index in [0.29, 0.717) is 19.9 Å². The van der Waals surface area contributed by atoms with Gasteiger partial charge in [-0.25, -0.2) is 9.97 Å². The number of aromatic nitrogens is 2. The number of hydrogen-bond acceptors (Lipinski definition) is 5. The van der Waals surface area contributed by atoms with Crippen molar-refractivity contribution in [2.75, 3.05) is 11.5 Å². The van der Waals surface area contributed by atoms with Crippen LogP contribution in [0, 0.1) is 0 Å². The molecule has 0 amide bonds. The van der Waals surface area contributed by atoms with Gasteiger partial charge in [0.15, 0.2) is 5.82 Å². The first-order chi connectivity index (χ1) is 7.08. The Morgan fingerprint density at radius 3 is 2.53 bits per heavy atom. The second-order valence-corrected chi connectivity index (χ2v) is 5.05. The lowest BCUT2D eigenvalue weighted by Gasteiger charge is -2.02. The first-order valence-corrected chi connectivity index (χ1v) is 5.48. The van der Waals surface area contributed by atoms with E-state index in [1.54, 1.807) is 6.07 Å². The highest BCUT2D eigenvalue weighted by Gasteiger charge is 2.13. The zero-order chi connectivity index (χ0) is 11.0. The minimum atomic E-state index is 0.242. The van der Waals surface area contributed by atoms with E-state index >= 15 is 0 Å². The number of nitrogens with two attached hydrogens (primary N) is 2. The summed E-state index contributed by atoms with van der Waals surface area (Å²) in [6.45, 7) is 0. The maximum absolute atomic E-state index is 5.97. The molecule has 0 radical (unpaired) electrons. The van der Waals surface area contributed by atoms with Crippen molar-refractivity contribution in [3.05, 3.63) is 20.9 Å². The third kappa shape index (κ3) is 1.99. The average molecular weight is 261 g/mol. The van der Waals surface area contributed by atoms with Gasteiger partial charge >= 0.3 is 0 Å². The van der Waals surface area contributed by atoms with Crippen LogP contribution in [-0.4, -0.2) is 9.97 Å². The Morgan fingerprint density at radius 2 is 2.00 bits per heavy atom. The van der Waals surface area contributed by atoms with Gasteiger partial charge in [-0.1, -0.05) is 23.2 Å². The van der Waals surface area contributed by atoms with Crippen LogP contribution in [-0.2, 0) is 0 Å². The monoisotopic (exact) mass is 260 g/mol. The third-order valence-corrected chi connectivity index (χ3v) is 3.22. The van der Waals surface area contributed by atoms with Crippen LogP contribution >= 0.6 is 34.5 Å². The molecule has 0 aromatic carbocycles. The maximum Gasteiger partial charge on any atom is 0.152 e. The molecular formula is C8H6Cl2N4S. The Kier molecular flexibility index (Phi) is 2.68. The largest absolute Gasteiger partial charge is 0.382 e. The Morgan fingerprint density at radius 1 is 1.27 bits per heavy atom. The van der Waals surface area contributed by atoms with E-state index in [9.17, 15) is 0 Å². The van der Waals surface area contributed by atoms with Crippen LogP contribution in [0.1, 0.15) is 0 Å². The molecule has 2 rings (SSSR count). The first-order valence-electron chi connectivity index (χ1n) is 3.91. The quantitative estimate of drug-likeness (QED) is 0.827. The Bertz CT molecular complexity index is 511. The van der Waals surface area contributed by atoms with Crippen LogP contribution in [0.15, 0.2) is 12.3 Å². The Labute approximate surface area is 99.9 Å². The molecule has 0 unspecified atom stereocenters. The van der Waals surface area contributed by atoms with Crippen LogP contribution in [0.2, 0.25) is 8.67 Å². The normalized spacial score (nSPS) is 10.5. The van der Waals surface area contributed by atoms with Gasteiger partial charge in [0.2, 0.25) is 0 Å². The van der Waals surface area contributed by atoms with Gasteiger partial charge in [0.1, 0.15) is 15.8 Å². The highest BCUT2D eigenvalue weighted by molar-refractivity contribution is 7.20. The molecule has 0 saturated heterocycles. The summed E-state index contributed by atoms with van der Waals surface area (Å²) in [6, 6.07) is 1.70. The van der Waals surface area contributed by atoms with Crippen LogP contribution in [0.3, 0.4) is 0 Å². The fourth-order valence-corrected chi connectivity index (χ4v) is 2.59. The molecule has 0 bridgehead atoms. The summed E-state index contributed by atoms with van der Waals surface area (Å²) in [5, 5.41) is 0. The summed E-state index contributed by atoms with van der Waals surface area (Å²) < 4.78 is 1.11. The van der Waals surface area contributed by atoms with E-state index in [1.807, 2.05) is 0 Å². The molecule has 4 N–H and O–H groups in total. The van der Waals surface area contributed by atoms with Gasteiger partial charge in [0.05, 0.1) is 10.5 Å². The van der Waals surface area contributed by atoms with E-state index < -0.39 is 0 Å². The molecule has 0 spiro atoms. The van der Waals surface area contributed by atoms with Crippen molar-refractivity contribution in [1.29, 1.82) is 0 Å². The molecule has 4 nitrogen and oxygen atoms in total. The lowest BCUT2D eigenvalue weighted by molar-refractivity contribution is 1.23. The number of rotatable bonds is 1. The number of anilines is 2. The summed E-state index contributed by atoms with van der Waals surface area (Å²) in [4.78, 5) is 7.97. The molecule has 0 aliphatic rings. The van der Waals surface area contributed by atoms with Gasteiger partial charge < -0.3 is 11.5 Å². The van der Waals surface area contributed by atoms with E-state index in [2.05, 4.69) is 9.97 Å². The minimum absolute atomic E-state index is 0.242. The molecule has 0 fully saturated rings. The summed E-state index contributed by atoms with van der Waals surface area (Å²) in [7, 11) is 0. The van der Waals surface area contributed by atoms with Crippen molar-refractivity contribution < 1.29 is 0 Å². The summed E-state index contributed by atoms with van der Waals surface area (Å²) in [5.41, 5.74) is 12.3. The molecule has 0 saturated carbocycles. The van der Waals surface area contributed by atoms with Gasteiger partial charge in [-0.05, 0) is 6.07 Å². The number of nitrogen functional groups attached to an aromatic ring is 2. The highest BCUT2D eigenvalue weighted by Crippen LogP contribution is 2.38. The second kappa shape index (κ2) is 3.84. The molecular weight excluding hydrogens is 255 g/mol. The van der Waals surface area contributed by atoms with Crippen LogP contribution in [0.25, 0.3) is 11.3 Å². The molecule has 78 valence electrons. The van der Waals surface area contributed by atoms with Crippen molar-refractivity contribution in [3.8, 4) is 11.3 Å². The zero-order valence-corrected chi connectivity index (χ0v) is 9.70. The van der Waals surface area contributed by atoms with Crippen molar-refractivity contribution in [1.82, 2.24) is 9.97 Å². The highest BCUT2D eigenvalue weighted by atomic mass is 35.5. The predicted octanol–water partition coefficient (Wildman–Crippen LogP) is 2.68. The van der Waals surface area contributed by atoms with E-state index in [1.165, 1.54) is 17.5 Å². The molecule has 7 heteroatoms. The smallest absolute Gasteiger partial charge is 0.152 e. The second-order valence-electron chi connectivity index (χ2n) is 2.77. The molecule has 15 heavy (non-hydrogen) atoms. The summed E-state index contributed by atoms with van der Waals surface area (Å²) in [6.07, 6.45) is 1.42. The fourth-order valence-electron chi connectivity index (χ4n) is 1.13. The average Bonchev–Trinajstić information content (AvgIpc) is 2.45. The number of hydrogen-bond donors (Lipinski definition) is 2. The minimum Gasteiger partial charge on any atom is -0.382 e. The topological polar surface area (TPSA) is 77.8 Å². The van der Waals surface area contributed by atoms with Crippen molar-refractivity contribution in [3.63, 3.8) is 0 Å². The Balaban J connectivity index is 2.59. The van der Waals surface area contributed by atoms with Gasteiger partial charge in [-0.15, -0.1) is 11.3 Å². The van der Waals surface area contributed by atoms with Gasteiger partial charge in [0.25, 0.3) is 0 Å². The number of thiophene rings is 1. The first kappa shape index (κ1) is 10.5. The Hall–Kier alpha value is -1.04. The molecule has 2 aromatic rings. The molecule has 2 aromatic heterocycles. The lowest BCUT2D eigenvalue weighted by atomic mass is 10.2. The van der Waals surface area contributed by atoms with E-state index in [-0.39, 0.29) is 11.6 Å². The molecule has 0 aliphatic carbocycles. The van der Waals surface area contributed by atoms with Gasteiger partial charge in [0, 0.05) is 5.56 Å². The molecule has 0 atom stereocenters. The van der Waals surface area contributed by atoms with Crippen molar-refractivity contribution >= 4 is 46.2 Å². The lowest BCUT2D eigenvalue weighted by Crippen LogP contribution is -2.00. The SMILES string of the molecule is Nc1cnc(-c2cc(Cl)sc2Cl)c(N)n1. The predicted molar refractivity (Wildman–Crippen MR) is 64.2 cm³/mol. The standard InChI is InChI=1S/C8H6Cl2N4S/c9-4-1-3(7(10)15-4)6-8(12)14-5(11)2-13-6/h1-2H,(H4,11,12,14). The molecule has 2 heterocycles. The van der Waals surface area contributed by atoms with Crippen molar-refractivity contribution in [2.45, 2.75) is 0 Å². The summed E-state index contributed by atoms with van der Waals surface area (Å²) >= 11 is 13.0. The molecule has 0 aliphatic heterocycles. The van der Waals surface area contributed by atoms with E-state index in [4.69, 9.17) is 34.7 Å². The van der Waals surface area contributed by atoms with Crippen LogP contribution in [0.5, 0.6) is 0 Å². The van der Waals surface area contributed by atoms with Crippen LogP contribution in [0.4, 0.5) is 11.6 Å².